The van der Waals surface area contributed by atoms with E-state index in [9.17, 15) is 4.79 Å². The zero-order chi connectivity index (χ0) is 17.8. The number of carbonyl (C=O) groups excluding carboxylic acids is 1. The number of hydrogen-bond donors (Lipinski definition) is 2. The minimum Gasteiger partial charge on any atom is -0.355 e. The van der Waals surface area contributed by atoms with E-state index in [1.54, 1.807) is 16.8 Å². The Kier molecular flexibility index (Phi) is 5.02. The van der Waals surface area contributed by atoms with Crippen molar-refractivity contribution in [3.63, 3.8) is 0 Å². The summed E-state index contributed by atoms with van der Waals surface area (Å²) in [5, 5.41) is 24.5. The van der Waals surface area contributed by atoms with Gasteiger partial charge in [0.2, 0.25) is 21.3 Å². The van der Waals surface area contributed by atoms with Gasteiger partial charge in [0, 0.05) is 19.1 Å². The summed E-state index contributed by atoms with van der Waals surface area (Å²) in [5.74, 6) is -0.0952. The Labute approximate surface area is 158 Å². The van der Waals surface area contributed by atoms with Gasteiger partial charge in [0.25, 0.3) is 0 Å². The van der Waals surface area contributed by atoms with Crippen LogP contribution in [0.15, 0.2) is 35.8 Å². The lowest BCUT2D eigenvalue weighted by atomic mass is 10.1. The average Bonchev–Trinajstić information content (AvgIpc) is 3.38. The van der Waals surface area contributed by atoms with Gasteiger partial charge in [-0.1, -0.05) is 53.0 Å². The second-order valence-electron chi connectivity index (χ2n) is 5.92. The summed E-state index contributed by atoms with van der Waals surface area (Å²) in [5.41, 5.74) is 2.71. The molecule has 0 unspecified atom stereocenters. The SMILES string of the molecule is O=C(Cc1ccccc1)Nc1nnc(N[C@@H]2CCN(c3nncs3)C2)s1. The summed E-state index contributed by atoms with van der Waals surface area (Å²) in [4.78, 5) is 14.3. The van der Waals surface area contributed by atoms with Crippen molar-refractivity contribution < 1.29 is 4.79 Å². The maximum atomic E-state index is 12.1. The minimum atomic E-state index is -0.0952. The van der Waals surface area contributed by atoms with Crippen molar-refractivity contribution in [1.29, 1.82) is 0 Å². The maximum absolute atomic E-state index is 12.1. The predicted molar refractivity (Wildman–Crippen MR) is 103 cm³/mol. The Bertz CT molecular complexity index is 853. The highest BCUT2D eigenvalue weighted by Crippen LogP contribution is 2.26. The van der Waals surface area contributed by atoms with Gasteiger partial charge in [-0.15, -0.1) is 20.4 Å². The van der Waals surface area contributed by atoms with Crippen LogP contribution in [-0.4, -0.2) is 45.4 Å². The van der Waals surface area contributed by atoms with E-state index in [4.69, 9.17) is 0 Å². The zero-order valence-electron chi connectivity index (χ0n) is 13.8. The first-order chi connectivity index (χ1) is 12.8. The molecule has 1 aromatic carbocycles. The fourth-order valence-electron chi connectivity index (χ4n) is 2.81. The van der Waals surface area contributed by atoms with Crippen LogP contribution >= 0.6 is 22.7 Å². The second-order valence-corrected chi connectivity index (χ2v) is 7.71. The van der Waals surface area contributed by atoms with E-state index in [0.29, 0.717) is 16.7 Å². The molecule has 3 aromatic rings. The Balaban J connectivity index is 1.29. The van der Waals surface area contributed by atoms with E-state index in [1.165, 1.54) is 11.3 Å². The summed E-state index contributed by atoms with van der Waals surface area (Å²) >= 11 is 2.89. The van der Waals surface area contributed by atoms with Crippen molar-refractivity contribution in [1.82, 2.24) is 20.4 Å². The maximum Gasteiger partial charge on any atom is 0.230 e. The number of benzene rings is 1. The molecule has 26 heavy (non-hydrogen) atoms. The number of nitrogens with one attached hydrogen (secondary N) is 2. The number of amides is 1. The van der Waals surface area contributed by atoms with Crippen LogP contribution < -0.4 is 15.5 Å². The molecule has 10 heteroatoms. The average molecular weight is 387 g/mol. The van der Waals surface area contributed by atoms with Crippen LogP contribution in [0.25, 0.3) is 0 Å². The molecule has 0 radical (unpaired) electrons. The molecule has 4 rings (SSSR count). The summed E-state index contributed by atoms with van der Waals surface area (Å²) in [6, 6.07) is 9.90. The summed E-state index contributed by atoms with van der Waals surface area (Å²) in [6.07, 6.45) is 1.32. The van der Waals surface area contributed by atoms with Crippen LogP contribution in [-0.2, 0) is 11.2 Å². The van der Waals surface area contributed by atoms with E-state index in [1.807, 2.05) is 30.3 Å². The monoisotopic (exact) mass is 387 g/mol. The lowest BCUT2D eigenvalue weighted by molar-refractivity contribution is -0.115. The molecule has 2 aromatic heterocycles. The molecule has 0 bridgehead atoms. The first-order valence-electron chi connectivity index (χ1n) is 8.21. The van der Waals surface area contributed by atoms with Crippen LogP contribution in [0.5, 0.6) is 0 Å². The van der Waals surface area contributed by atoms with Crippen LogP contribution in [0.4, 0.5) is 15.4 Å². The van der Waals surface area contributed by atoms with Gasteiger partial charge in [0.15, 0.2) is 0 Å². The Morgan fingerprint density at radius 3 is 2.85 bits per heavy atom. The highest BCUT2D eigenvalue weighted by molar-refractivity contribution is 7.19. The Morgan fingerprint density at radius 1 is 1.19 bits per heavy atom. The van der Waals surface area contributed by atoms with Crippen molar-refractivity contribution in [2.24, 2.45) is 0 Å². The lowest BCUT2D eigenvalue weighted by Crippen LogP contribution is -2.25. The molecule has 0 aliphatic carbocycles. The van der Waals surface area contributed by atoms with Crippen LogP contribution in [0, 0.1) is 0 Å². The topological polar surface area (TPSA) is 95.9 Å². The quantitative estimate of drug-likeness (QED) is 0.670. The van der Waals surface area contributed by atoms with E-state index >= 15 is 0 Å². The number of rotatable bonds is 6. The van der Waals surface area contributed by atoms with Crippen molar-refractivity contribution in [3.8, 4) is 0 Å². The van der Waals surface area contributed by atoms with Crippen LogP contribution in [0.3, 0.4) is 0 Å². The third-order valence-corrected chi connectivity index (χ3v) is 5.53. The van der Waals surface area contributed by atoms with Crippen molar-refractivity contribution >= 4 is 44.0 Å². The number of anilines is 3. The molecule has 0 spiro atoms. The number of aromatic nitrogens is 4. The van der Waals surface area contributed by atoms with Gasteiger partial charge >= 0.3 is 0 Å². The Morgan fingerprint density at radius 2 is 2.04 bits per heavy atom. The first-order valence-corrected chi connectivity index (χ1v) is 9.91. The van der Waals surface area contributed by atoms with Crippen molar-refractivity contribution in [2.45, 2.75) is 18.9 Å². The number of nitrogens with zero attached hydrogens (tertiary/aromatic N) is 5. The van der Waals surface area contributed by atoms with Gasteiger partial charge in [-0.3, -0.25) is 4.79 Å². The highest BCUT2D eigenvalue weighted by atomic mass is 32.1. The van der Waals surface area contributed by atoms with Gasteiger partial charge in [-0.05, 0) is 12.0 Å². The van der Waals surface area contributed by atoms with Crippen LogP contribution in [0.2, 0.25) is 0 Å². The van der Waals surface area contributed by atoms with E-state index in [-0.39, 0.29) is 11.9 Å². The Hall–Kier alpha value is -2.59. The van der Waals surface area contributed by atoms with Gasteiger partial charge in [-0.25, -0.2) is 0 Å². The summed E-state index contributed by atoms with van der Waals surface area (Å²) in [7, 11) is 0. The van der Waals surface area contributed by atoms with Crippen molar-refractivity contribution in [2.75, 3.05) is 28.6 Å². The molecular formula is C16H17N7OS2. The second kappa shape index (κ2) is 7.75. The predicted octanol–water partition coefficient (Wildman–Crippen LogP) is 2.26. The number of carbonyl (C=O) groups is 1. The fraction of sp³-hybridized carbons (Fsp3) is 0.312. The molecule has 1 saturated heterocycles. The molecule has 1 aliphatic rings. The highest BCUT2D eigenvalue weighted by Gasteiger charge is 2.25. The largest absolute Gasteiger partial charge is 0.355 e. The van der Waals surface area contributed by atoms with Gasteiger partial charge in [0.1, 0.15) is 5.51 Å². The van der Waals surface area contributed by atoms with E-state index < -0.39 is 0 Å². The standard InChI is InChI=1S/C16H17N7OS2/c24-13(8-11-4-2-1-3-5-11)19-15-21-20-14(26-15)18-12-6-7-23(9-12)16-22-17-10-25-16/h1-5,10,12H,6-9H2,(H,18,20)(H,19,21,24)/t12-/m1/s1. The summed E-state index contributed by atoms with van der Waals surface area (Å²) in [6.45, 7) is 1.79. The molecule has 1 atom stereocenters. The normalized spacial score (nSPS) is 16.6. The van der Waals surface area contributed by atoms with Crippen molar-refractivity contribution in [3.05, 3.63) is 41.4 Å². The first kappa shape index (κ1) is 16.9. The molecule has 3 heterocycles. The molecule has 8 nitrogen and oxygen atoms in total. The molecular weight excluding hydrogens is 370 g/mol. The third-order valence-electron chi connectivity index (χ3n) is 4.01. The van der Waals surface area contributed by atoms with Gasteiger partial charge < -0.3 is 15.5 Å². The van der Waals surface area contributed by atoms with E-state index in [0.717, 1.165) is 30.2 Å². The lowest BCUT2D eigenvalue weighted by Gasteiger charge is -2.14. The molecule has 1 aliphatic heterocycles. The molecule has 2 N–H and O–H groups in total. The van der Waals surface area contributed by atoms with E-state index in [2.05, 4.69) is 35.9 Å². The zero-order valence-corrected chi connectivity index (χ0v) is 15.5. The third kappa shape index (κ3) is 4.14. The molecule has 0 saturated carbocycles. The van der Waals surface area contributed by atoms with Crippen LogP contribution in [0.1, 0.15) is 12.0 Å². The fourth-order valence-corrected chi connectivity index (χ4v) is 4.14. The molecule has 1 fully saturated rings. The molecule has 1 amide bonds. The number of hydrogen-bond acceptors (Lipinski definition) is 9. The smallest absolute Gasteiger partial charge is 0.230 e. The summed E-state index contributed by atoms with van der Waals surface area (Å²) < 4.78 is 0. The van der Waals surface area contributed by atoms with Gasteiger partial charge in [0.05, 0.1) is 6.42 Å². The van der Waals surface area contributed by atoms with Gasteiger partial charge in [-0.2, -0.15) is 0 Å². The minimum absolute atomic E-state index is 0.0952. The molecule has 134 valence electrons.